The lowest BCUT2D eigenvalue weighted by molar-refractivity contribution is 0.208. The Hall–Kier alpha value is -2.08. The van der Waals surface area contributed by atoms with Crippen LogP contribution >= 0.6 is 11.6 Å². The van der Waals surface area contributed by atoms with E-state index in [1.54, 1.807) is 12.1 Å². The second-order valence-corrected chi connectivity index (χ2v) is 5.63. The van der Waals surface area contributed by atoms with Gasteiger partial charge in [-0.25, -0.2) is 4.79 Å². The normalized spacial score (nSPS) is 14.3. The van der Waals surface area contributed by atoms with Gasteiger partial charge in [-0.2, -0.15) is 4.98 Å². The van der Waals surface area contributed by atoms with Gasteiger partial charge in [-0.05, 0) is 25.0 Å². The number of urea groups is 1. The third kappa shape index (κ3) is 3.57. The summed E-state index contributed by atoms with van der Waals surface area (Å²) in [6, 6.07) is 7.26. The lowest BCUT2D eigenvalue weighted by atomic mass is 10.2. The molecule has 2 heterocycles. The van der Waals surface area contributed by atoms with Crippen LogP contribution in [0.15, 0.2) is 28.8 Å². The van der Waals surface area contributed by atoms with Gasteiger partial charge in [-0.3, -0.25) is 0 Å². The molecule has 1 aliphatic heterocycles. The summed E-state index contributed by atoms with van der Waals surface area (Å²) in [5.41, 5.74) is 0.809. The molecule has 1 saturated heterocycles. The van der Waals surface area contributed by atoms with Crippen molar-refractivity contribution >= 4 is 17.6 Å². The summed E-state index contributed by atoms with van der Waals surface area (Å²) in [5.74, 6) is 1.00. The van der Waals surface area contributed by atoms with Crippen molar-refractivity contribution in [3.05, 3.63) is 35.2 Å². The molecule has 0 saturated carbocycles. The van der Waals surface area contributed by atoms with Gasteiger partial charge in [0.2, 0.25) is 11.7 Å². The van der Waals surface area contributed by atoms with Gasteiger partial charge in [0.05, 0.1) is 0 Å². The number of amides is 2. The van der Waals surface area contributed by atoms with Gasteiger partial charge < -0.3 is 14.7 Å². The van der Waals surface area contributed by atoms with Crippen LogP contribution in [-0.4, -0.2) is 40.7 Å². The van der Waals surface area contributed by atoms with Crippen molar-refractivity contribution in [3.8, 4) is 11.4 Å². The number of benzene rings is 1. The molecule has 1 aromatic heterocycles. The Morgan fingerprint density at radius 2 is 2.18 bits per heavy atom. The molecule has 116 valence electrons. The van der Waals surface area contributed by atoms with Crippen molar-refractivity contribution in [1.29, 1.82) is 0 Å². The van der Waals surface area contributed by atoms with E-state index >= 15 is 0 Å². The minimum absolute atomic E-state index is 0.0212. The van der Waals surface area contributed by atoms with Crippen LogP contribution in [0.2, 0.25) is 5.02 Å². The van der Waals surface area contributed by atoms with Crippen LogP contribution in [-0.2, 0) is 6.42 Å². The number of likely N-dealkylation sites (tertiary alicyclic amines) is 1. The number of carbonyl (C=O) groups is 1. The van der Waals surface area contributed by atoms with E-state index in [4.69, 9.17) is 16.1 Å². The highest BCUT2D eigenvalue weighted by Gasteiger charge is 2.17. The zero-order valence-corrected chi connectivity index (χ0v) is 12.8. The molecular formula is C15H17ClN4O2. The minimum atomic E-state index is -0.0212. The van der Waals surface area contributed by atoms with Crippen LogP contribution < -0.4 is 5.32 Å². The first kappa shape index (κ1) is 14.8. The van der Waals surface area contributed by atoms with Gasteiger partial charge in [0.1, 0.15) is 0 Å². The number of hydrogen-bond donors (Lipinski definition) is 1. The SMILES string of the molecule is O=C(NCCc1nc(-c2cccc(Cl)c2)no1)N1CCCC1. The quantitative estimate of drug-likeness (QED) is 0.940. The van der Waals surface area contributed by atoms with Crippen molar-refractivity contribution in [2.75, 3.05) is 19.6 Å². The Labute approximate surface area is 133 Å². The summed E-state index contributed by atoms with van der Waals surface area (Å²) >= 11 is 5.94. The van der Waals surface area contributed by atoms with E-state index in [-0.39, 0.29) is 6.03 Å². The number of hydrogen-bond acceptors (Lipinski definition) is 4. The van der Waals surface area contributed by atoms with Crippen LogP contribution in [0.5, 0.6) is 0 Å². The molecule has 1 fully saturated rings. The predicted molar refractivity (Wildman–Crippen MR) is 82.7 cm³/mol. The average molecular weight is 321 g/mol. The molecule has 2 aromatic rings. The fourth-order valence-electron chi connectivity index (χ4n) is 2.41. The third-order valence-corrected chi connectivity index (χ3v) is 3.79. The fourth-order valence-corrected chi connectivity index (χ4v) is 2.60. The molecule has 7 heteroatoms. The summed E-state index contributed by atoms with van der Waals surface area (Å²) in [7, 11) is 0. The molecule has 0 radical (unpaired) electrons. The topological polar surface area (TPSA) is 71.3 Å². The van der Waals surface area contributed by atoms with Crippen molar-refractivity contribution in [2.45, 2.75) is 19.3 Å². The first-order valence-corrected chi connectivity index (χ1v) is 7.71. The van der Waals surface area contributed by atoms with Gasteiger partial charge in [-0.15, -0.1) is 0 Å². The monoisotopic (exact) mass is 320 g/mol. The number of halogens is 1. The molecule has 1 N–H and O–H groups in total. The number of nitrogens with zero attached hydrogens (tertiary/aromatic N) is 3. The Kier molecular flexibility index (Phi) is 4.58. The Morgan fingerprint density at radius 3 is 2.95 bits per heavy atom. The maximum atomic E-state index is 11.8. The summed E-state index contributed by atoms with van der Waals surface area (Å²) in [4.78, 5) is 18.0. The van der Waals surface area contributed by atoms with Gasteiger partial charge in [0, 0.05) is 36.6 Å². The van der Waals surface area contributed by atoms with Crippen LogP contribution in [0.1, 0.15) is 18.7 Å². The third-order valence-electron chi connectivity index (χ3n) is 3.56. The number of nitrogens with one attached hydrogen (secondary N) is 1. The molecule has 0 aliphatic carbocycles. The van der Waals surface area contributed by atoms with E-state index in [2.05, 4.69) is 15.5 Å². The summed E-state index contributed by atoms with van der Waals surface area (Å²) in [6.45, 7) is 2.16. The minimum Gasteiger partial charge on any atom is -0.339 e. The van der Waals surface area contributed by atoms with Crippen LogP contribution in [0.25, 0.3) is 11.4 Å². The van der Waals surface area contributed by atoms with E-state index in [1.807, 2.05) is 17.0 Å². The van der Waals surface area contributed by atoms with Gasteiger partial charge >= 0.3 is 6.03 Å². The molecule has 0 spiro atoms. The van der Waals surface area contributed by atoms with Crippen molar-refractivity contribution in [3.63, 3.8) is 0 Å². The maximum Gasteiger partial charge on any atom is 0.317 e. The summed E-state index contributed by atoms with van der Waals surface area (Å²) in [6.07, 6.45) is 2.67. The first-order chi connectivity index (χ1) is 10.7. The highest BCUT2D eigenvalue weighted by atomic mass is 35.5. The Morgan fingerprint density at radius 1 is 1.36 bits per heavy atom. The second-order valence-electron chi connectivity index (χ2n) is 5.20. The van der Waals surface area contributed by atoms with E-state index in [1.165, 1.54) is 0 Å². The zero-order chi connectivity index (χ0) is 15.4. The van der Waals surface area contributed by atoms with E-state index in [0.717, 1.165) is 31.5 Å². The Balaban J connectivity index is 1.52. The molecule has 1 aliphatic rings. The maximum absolute atomic E-state index is 11.8. The predicted octanol–water partition coefficient (Wildman–Crippen LogP) is 2.74. The Bertz CT molecular complexity index is 652. The molecule has 0 bridgehead atoms. The van der Waals surface area contributed by atoms with Crippen LogP contribution in [0, 0.1) is 0 Å². The largest absolute Gasteiger partial charge is 0.339 e. The molecule has 3 rings (SSSR count). The fraction of sp³-hybridized carbons (Fsp3) is 0.400. The van der Waals surface area contributed by atoms with E-state index < -0.39 is 0 Å². The molecule has 0 atom stereocenters. The highest BCUT2D eigenvalue weighted by molar-refractivity contribution is 6.30. The molecule has 6 nitrogen and oxygen atoms in total. The summed E-state index contributed by atoms with van der Waals surface area (Å²) < 4.78 is 5.20. The lowest BCUT2D eigenvalue weighted by Gasteiger charge is -2.15. The first-order valence-electron chi connectivity index (χ1n) is 7.34. The van der Waals surface area contributed by atoms with Crippen molar-refractivity contribution < 1.29 is 9.32 Å². The molecule has 22 heavy (non-hydrogen) atoms. The van der Waals surface area contributed by atoms with Crippen molar-refractivity contribution in [2.24, 2.45) is 0 Å². The second kappa shape index (κ2) is 6.79. The molecule has 0 unspecified atom stereocenters. The highest BCUT2D eigenvalue weighted by Crippen LogP contribution is 2.19. The zero-order valence-electron chi connectivity index (χ0n) is 12.1. The van der Waals surface area contributed by atoms with E-state index in [9.17, 15) is 4.79 Å². The molecule has 2 amide bonds. The van der Waals surface area contributed by atoms with E-state index in [0.29, 0.717) is 29.7 Å². The van der Waals surface area contributed by atoms with Crippen molar-refractivity contribution in [1.82, 2.24) is 20.4 Å². The van der Waals surface area contributed by atoms with Gasteiger partial charge in [0.15, 0.2) is 0 Å². The van der Waals surface area contributed by atoms with Crippen LogP contribution in [0.4, 0.5) is 4.79 Å². The number of aromatic nitrogens is 2. The summed E-state index contributed by atoms with van der Waals surface area (Å²) in [5, 5.41) is 7.43. The van der Waals surface area contributed by atoms with Gasteiger partial charge in [-0.1, -0.05) is 28.9 Å². The molecule has 1 aromatic carbocycles. The smallest absolute Gasteiger partial charge is 0.317 e. The van der Waals surface area contributed by atoms with Gasteiger partial charge in [0.25, 0.3) is 0 Å². The lowest BCUT2D eigenvalue weighted by Crippen LogP contribution is -2.38. The number of rotatable bonds is 4. The van der Waals surface area contributed by atoms with Crippen LogP contribution in [0.3, 0.4) is 0 Å². The molecular weight excluding hydrogens is 304 g/mol. The standard InChI is InChI=1S/C15H17ClN4O2/c16-12-5-3-4-11(10-12)14-18-13(22-19-14)6-7-17-15(21)20-8-1-2-9-20/h3-5,10H,1-2,6-9H2,(H,17,21). The number of carbonyl (C=O) groups excluding carboxylic acids is 1. The average Bonchev–Trinajstić information content (AvgIpc) is 3.19.